The van der Waals surface area contributed by atoms with Gasteiger partial charge in [-0.15, -0.1) is 0 Å². The Morgan fingerprint density at radius 2 is 1.86 bits per heavy atom. The van der Waals surface area contributed by atoms with Gasteiger partial charge < -0.3 is 14.8 Å². The van der Waals surface area contributed by atoms with Crippen LogP contribution in [0.4, 0.5) is 8.78 Å². The molecule has 6 heteroatoms. The zero-order valence-corrected chi connectivity index (χ0v) is 12.9. The van der Waals surface area contributed by atoms with Crippen LogP contribution in [-0.2, 0) is 12.3 Å². The number of nitrogens with one attached hydrogen (secondary N) is 1. The number of rotatable bonds is 7. The Bertz CT molecular complexity index is 418. The minimum atomic E-state index is -2.37. The summed E-state index contributed by atoms with van der Waals surface area (Å²) in [7, 11) is 0. The molecule has 0 unspecified atom stereocenters. The van der Waals surface area contributed by atoms with Crippen molar-refractivity contribution in [3.8, 4) is 0 Å². The molecule has 0 amide bonds. The molecule has 1 fully saturated rings. The van der Waals surface area contributed by atoms with Crippen LogP contribution in [0.5, 0.6) is 0 Å². The maximum Gasteiger partial charge on any atom is 0.284 e. The van der Waals surface area contributed by atoms with Gasteiger partial charge in [0.1, 0.15) is 11.5 Å². The van der Waals surface area contributed by atoms with Gasteiger partial charge in [0.2, 0.25) is 0 Å². The highest BCUT2D eigenvalue weighted by molar-refractivity contribution is 7.98. The molecule has 1 aromatic rings. The summed E-state index contributed by atoms with van der Waals surface area (Å²) >= 11 is 0.558. The van der Waals surface area contributed by atoms with E-state index in [1.807, 2.05) is 0 Å². The van der Waals surface area contributed by atoms with Crippen LogP contribution in [0.15, 0.2) is 16.5 Å². The average molecular weight is 319 g/mol. The molecule has 0 bridgehead atoms. The molecule has 1 aliphatic rings. The van der Waals surface area contributed by atoms with E-state index in [2.05, 4.69) is 5.32 Å². The Balaban J connectivity index is 1.72. The van der Waals surface area contributed by atoms with Crippen LogP contribution in [0.25, 0.3) is 0 Å². The molecule has 1 heterocycles. The Labute approximate surface area is 128 Å². The first-order valence-electron chi connectivity index (χ1n) is 7.48. The van der Waals surface area contributed by atoms with E-state index in [0.717, 1.165) is 31.4 Å². The summed E-state index contributed by atoms with van der Waals surface area (Å²) in [5.74, 6) is -0.912. The Hall–Kier alpha value is -0.590. The molecule has 0 atom stereocenters. The molecule has 0 aromatic carbocycles. The lowest BCUT2D eigenvalue weighted by atomic mass is 9.94. The van der Waals surface area contributed by atoms with Crippen molar-refractivity contribution in [2.75, 3.05) is 6.54 Å². The SMILES string of the molecule is OC1(CNCc2ccc(CSC(F)F)o2)CCCCCC1. The van der Waals surface area contributed by atoms with Crippen molar-refractivity contribution >= 4 is 11.8 Å². The van der Waals surface area contributed by atoms with Gasteiger partial charge in [-0.25, -0.2) is 0 Å². The summed E-state index contributed by atoms with van der Waals surface area (Å²) in [6, 6.07) is 3.53. The largest absolute Gasteiger partial charge is 0.464 e. The van der Waals surface area contributed by atoms with Gasteiger partial charge in [-0.2, -0.15) is 8.78 Å². The highest BCUT2D eigenvalue weighted by Gasteiger charge is 2.27. The molecule has 2 N–H and O–H groups in total. The minimum Gasteiger partial charge on any atom is -0.464 e. The minimum absolute atomic E-state index is 0.182. The van der Waals surface area contributed by atoms with E-state index >= 15 is 0 Å². The zero-order valence-electron chi connectivity index (χ0n) is 12.1. The standard InChI is InChI=1S/C15H23F2NO2S/c16-14(17)21-10-13-6-5-12(20-13)9-18-11-15(19)7-3-1-2-4-8-15/h5-6,14,18-19H,1-4,7-11H2. The van der Waals surface area contributed by atoms with Crippen molar-refractivity contribution in [1.29, 1.82) is 0 Å². The fraction of sp³-hybridized carbons (Fsp3) is 0.733. The van der Waals surface area contributed by atoms with E-state index in [9.17, 15) is 13.9 Å². The van der Waals surface area contributed by atoms with E-state index in [4.69, 9.17) is 4.42 Å². The number of hydrogen-bond donors (Lipinski definition) is 2. The molecule has 1 aromatic heterocycles. The van der Waals surface area contributed by atoms with Gasteiger partial charge in [-0.3, -0.25) is 0 Å². The van der Waals surface area contributed by atoms with Gasteiger partial charge in [0.05, 0.1) is 17.9 Å². The van der Waals surface area contributed by atoms with Gasteiger partial charge in [-0.1, -0.05) is 37.4 Å². The number of halogens is 2. The van der Waals surface area contributed by atoms with Gasteiger partial charge in [0.25, 0.3) is 5.76 Å². The van der Waals surface area contributed by atoms with Gasteiger partial charge in [0, 0.05) is 6.54 Å². The molecule has 0 aliphatic heterocycles. The van der Waals surface area contributed by atoms with Crippen molar-refractivity contribution in [1.82, 2.24) is 5.32 Å². The number of hydrogen-bond acceptors (Lipinski definition) is 4. The topological polar surface area (TPSA) is 45.4 Å². The van der Waals surface area contributed by atoms with Crippen molar-refractivity contribution in [2.45, 2.75) is 62.2 Å². The average Bonchev–Trinajstić information content (AvgIpc) is 2.77. The van der Waals surface area contributed by atoms with Crippen LogP contribution < -0.4 is 5.32 Å². The Kier molecular flexibility index (Phi) is 6.51. The predicted molar refractivity (Wildman–Crippen MR) is 80.4 cm³/mol. The zero-order chi connectivity index (χ0) is 15.1. The molecular weight excluding hydrogens is 296 g/mol. The summed E-state index contributed by atoms with van der Waals surface area (Å²) in [5.41, 5.74) is -0.614. The van der Waals surface area contributed by atoms with Crippen LogP contribution in [0, 0.1) is 0 Å². The second-order valence-electron chi connectivity index (χ2n) is 5.68. The van der Waals surface area contributed by atoms with Crippen LogP contribution in [-0.4, -0.2) is 23.0 Å². The second kappa shape index (κ2) is 8.15. The predicted octanol–water partition coefficient (Wildman–Crippen LogP) is 3.91. The summed E-state index contributed by atoms with van der Waals surface area (Å²) < 4.78 is 29.7. The van der Waals surface area contributed by atoms with Crippen LogP contribution in [0.2, 0.25) is 0 Å². The second-order valence-corrected chi connectivity index (χ2v) is 6.66. The van der Waals surface area contributed by atoms with E-state index in [-0.39, 0.29) is 5.75 Å². The molecule has 0 spiro atoms. The number of alkyl halides is 2. The highest BCUT2D eigenvalue weighted by Crippen LogP contribution is 2.26. The number of thioether (sulfide) groups is 1. The molecule has 0 saturated heterocycles. The van der Waals surface area contributed by atoms with Crippen LogP contribution in [0.1, 0.15) is 50.0 Å². The molecule has 1 aliphatic carbocycles. The molecule has 1 saturated carbocycles. The van der Waals surface area contributed by atoms with Crippen LogP contribution >= 0.6 is 11.8 Å². The molecule has 0 radical (unpaired) electrons. The smallest absolute Gasteiger partial charge is 0.284 e. The fourth-order valence-corrected chi connectivity index (χ4v) is 3.17. The van der Waals surface area contributed by atoms with Crippen molar-refractivity contribution < 1.29 is 18.3 Å². The lowest BCUT2D eigenvalue weighted by molar-refractivity contribution is 0.0247. The third kappa shape index (κ3) is 5.96. The van der Waals surface area contributed by atoms with E-state index < -0.39 is 11.4 Å². The Morgan fingerprint density at radius 1 is 1.19 bits per heavy atom. The van der Waals surface area contributed by atoms with Crippen LogP contribution in [0.3, 0.4) is 0 Å². The Morgan fingerprint density at radius 3 is 2.52 bits per heavy atom. The lowest BCUT2D eigenvalue weighted by Crippen LogP contribution is -2.39. The van der Waals surface area contributed by atoms with Gasteiger partial charge in [0.15, 0.2) is 0 Å². The van der Waals surface area contributed by atoms with E-state index in [1.165, 1.54) is 12.8 Å². The fourth-order valence-electron chi connectivity index (χ4n) is 2.72. The number of furan rings is 1. The molecule has 2 rings (SSSR count). The van der Waals surface area contributed by atoms with E-state index in [0.29, 0.717) is 30.6 Å². The van der Waals surface area contributed by atoms with Crippen molar-refractivity contribution in [2.24, 2.45) is 0 Å². The number of aliphatic hydroxyl groups is 1. The van der Waals surface area contributed by atoms with E-state index in [1.54, 1.807) is 12.1 Å². The lowest BCUT2D eigenvalue weighted by Gasteiger charge is -2.26. The molecule has 120 valence electrons. The maximum absolute atomic E-state index is 12.1. The third-order valence-electron chi connectivity index (χ3n) is 3.86. The first kappa shape index (κ1) is 16.8. The summed E-state index contributed by atoms with van der Waals surface area (Å²) in [5, 5.41) is 13.7. The third-order valence-corrected chi connectivity index (χ3v) is 4.56. The molecule has 3 nitrogen and oxygen atoms in total. The first-order chi connectivity index (χ1) is 10.1. The summed E-state index contributed by atoms with van der Waals surface area (Å²) in [6.07, 6.45) is 6.24. The van der Waals surface area contributed by atoms with Crippen molar-refractivity contribution in [3.05, 3.63) is 23.7 Å². The quantitative estimate of drug-likeness (QED) is 0.748. The van der Waals surface area contributed by atoms with Crippen molar-refractivity contribution in [3.63, 3.8) is 0 Å². The van der Waals surface area contributed by atoms with Gasteiger partial charge in [-0.05, 0) is 25.0 Å². The van der Waals surface area contributed by atoms with Gasteiger partial charge >= 0.3 is 0 Å². The molecule has 21 heavy (non-hydrogen) atoms. The highest BCUT2D eigenvalue weighted by atomic mass is 32.2. The first-order valence-corrected chi connectivity index (χ1v) is 8.53. The monoisotopic (exact) mass is 319 g/mol. The normalized spacial score (nSPS) is 18.9. The summed E-state index contributed by atoms with van der Waals surface area (Å²) in [6.45, 7) is 1.07. The maximum atomic E-state index is 12.1. The molecular formula is C15H23F2NO2S. The summed E-state index contributed by atoms with van der Waals surface area (Å²) in [4.78, 5) is 0.